The third-order valence-electron chi connectivity index (χ3n) is 3.22. The van der Waals surface area contributed by atoms with E-state index < -0.39 is 0 Å². The maximum absolute atomic E-state index is 13.5. The first kappa shape index (κ1) is 13.1. The molecule has 1 unspecified atom stereocenters. The van der Waals surface area contributed by atoms with Crippen molar-refractivity contribution in [1.29, 1.82) is 0 Å². The number of benzene rings is 2. The largest absolute Gasteiger partial charge is 0.207 e. The second kappa shape index (κ2) is 5.53. The lowest BCUT2D eigenvalue weighted by molar-refractivity contribution is 0.615. The number of aryl methyl sites for hydroxylation is 2. The van der Waals surface area contributed by atoms with Gasteiger partial charge in [0.25, 0.3) is 0 Å². The van der Waals surface area contributed by atoms with Crippen LogP contribution >= 0.6 is 11.6 Å². The zero-order chi connectivity index (χ0) is 13.1. The Kier molecular flexibility index (Phi) is 4.03. The van der Waals surface area contributed by atoms with Crippen LogP contribution in [0.4, 0.5) is 4.39 Å². The summed E-state index contributed by atoms with van der Waals surface area (Å²) in [7, 11) is 0. The lowest BCUT2D eigenvalue weighted by atomic mass is 9.99. The van der Waals surface area contributed by atoms with E-state index in [1.807, 2.05) is 18.2 Å². The molecule has 0 spiro atoms. The van der Waals surface area contributed by atoms with Crippen LogP contribution in [-0.4, -0.2) is 0 Å². The van der Waals surface area contributed by atoms with Crippen LogP contribution in [-0.2, 0) is 6.42 Å². The predicted octanol–water partition coefficient (Wildman–Crippen LogP) is 4.97. The van der Waals surface area contributed by atoms with E-state index in [9.17, 15) is 4.39 Å². The summed E-state index contributed by atoms with van der Waals surface area (Å²) in [5.41, 5.74) is 3.91. The molecule has 0 heterocycles. The van der Waals surface area contributed by atoms with E-state index in [-0.39, 0.29) is 11.2 Å². The molecule has 0 saturated carbocycles. The van der Waals surface area contributed by atoms with E-state index in [2.05, 4.69) is 19.1 Å². The molecule has 2 aromatic carbocycles. The Labute approximate surface area is 112 Å². The van der Waals surface area contributed by atoms with Crippen molar-refractivity contribution in [2.75, 3.05) is 0 Å². The van der Waals surface area contributed by atoms with Crippen molar-refractivity contribution in [3.8, 4) is 0 Å². The quantitative estimate of drug-likeness (QED) is 0.686. The Bertz CT molecular complexity index is 549. The summed E-state index contributed by atoms with van der Waals surface area (Å²) < 4.78 is 13.5. The van der Waals surface area contributed by atoms with Gasteiger partial charge < -0.3 is 0 Å². The zero-order valence-electron chi connectivity index (χ0n) is 10.6. The minimum Gasteiger partial charge on any atom is -0.207 e. The van der Waals surface area contributed by atoms with Crippen LogP contribution in [0.3, 0.4) is 0 Å². The summed E-state index contributed by atoms with van der Waals surface area (Å²) >= 11 is 6.37. The van der Waals surface area contributed by atoms with Crippen LogP contribution in [0.2, 0.25) is 0 Å². The molecular formula is C16H16ClF. The Morgan fingerprint density at radius 1 is 1.06 bits per heavy atom. The highest BCUT2D eigenvalue weighted by molar-refractivity contribution is 6.20. The highest BCUT2D eigenvalue weighted by Crippen LogP contribution is 2.27. The SMILES string of the molecule is Cc1ccc(C(Cl)Cc2ccccc2C)cc1F. The third kappa shape index (κ3) is 2.91. The number of rotatable bonds is 3. The number of alkyl halides is 1. The van der Waals surface area contributed by atoms with Gasteiger partial charge in [-0.25, -0.2) is 4.39 Å². The van der Waals surface area contributed by atoms with Gasteiger partial charge in [0.15, 0.2) is 0 Å². The molecule has 2 aromatic rings. The fraction of sp³-hybridized carbons (Fsp3) is 0.250. The molecule has 2 rings (SSSR count). The van der Waals surface area contributed by atoms with Crippen LogP contribution in [0.5, 0.6) is 0 Å². The molecular weight excluding hydrogens is 247 g/mol. The summed E-state index contributed by atoms with van der Waals surface area (Å²) in [5.74, 6) is -0.192. The van der Waals surface area contributed by atoms with Gasteiger partial charge in [0, 0.05) is 0 Å². The minimum absolute atomic E-state index is 0.192. The maximum Gasteiger partial charge on any atom is 0.126 e. The molecule has 94 valence electrons. The Balaban J connectivity index is 2.19. The number of hydrogen-bond donors (Lipinski definition) is 0. The summed E-state index contributed by atoms with van der Waals surface area (Å²) in [6, 6.07) is 13.3. The zero-order valence-corrected chi connectivity index (χ0v) is 11.3. The van der Waals surface area contributed by atoms with Gasteiger partial charge in [-0.15, -0.1) is 11.6 Å². The van der Waals surface area contributed by atoms with Crippen LogP contribution in [0.1, 0.15) is 27.6 Å². The highest BCUT2D eigenvalue weighted by Gasteiger charge is 2.11. The molecule has 2 heteroatoms. The van der Waals surface area contributed by atoms with Crippen LogP contribution < -0.4 is 0 Å². The van der Waals surface area contributed by atoms with Crippen molar-refractivity contribution in [2.45, 2.75) is 25.6 Å². The Morgan fingerprint density at radius 3 is 2.44 bits per heavy atom. The predicted molar refractivity (Wildman–Crippen MR) is 74.6 cm³/mol. The van der Waals surface area contributed by atoms with Gasteiger partial charge in [-0.3, -0.25) is 0 Å². The van der Waals surface area contributed by atoms with E-state index in [0.717, 1.165) is 12.0 Å². The fourth-order valence-electron chi connectivity index (χ4n) is 1.95. The van der Waals surface area contributed by atoms with Crippen LogP contribution in [0.25, 0.3) is 0 Å². The minimum atomic E-state index is -0.193. The Hall–Kier alpha value is -1.34. The first-order valence-corrected chi connectivity index (χ1v) is 6.46. The summed E-state index contributed by atoms with van der Waals surface area (Å²) in [4.78, 5) is 0. The first-order valence-electron chi connectivity index (χ1n) is 6.02. The van der Waals surface area contributed by atoms with Gasteiger partial charge in [0.2, 0.25) is 0 Å². The molecule has 0 radical (unpaired) electrons. The molecule has 0 N–H and O–H groups in total. The molecule has 0 aliphatic carbocycles. The van der Waals surface area contributed by atoms with Gasteiger partial charge in [-0.05, 0) is 48.6 Å². The normalized spacial score (nSPS) is 12.4. The van der Waals surface area contributed by atoms with E-state index in [4.69, 9.17) is 11.6 Å². The molecule has 0 fully saturated rings. The summed E-state index contributed by atoms with van der Waals surface area (Å²) in [6.45, 7) is 3.82. The smallest absolute Gasteiger partial charge is 0.126 e. The molecule has 0 nitrogen and oxygen atoms in total. The van der Waals surface area contributed by atoms with Gasteiger partial charge in [0.1, 0.15) is 5.82 Å². The van der Waals surface area contributed by atoms with Crippen molar-refractivity contribution in [2.24, 2.45) is 0 Å². The third-order valence-corrected chi connectivity index (χ3v) is 3.62. The average Bonchev–Trinajstić information content (AvgIpc) is 2.35. The van der Waals surface area contributed by atoms with Gasteiger partial charge in [0.05, 0.1) is 5.38 Å². The standard InChI is InChI=1S/C16H16ClF/c1-11-5-3-4-6-13(11)9-15(17)14-8-7-12(2)16(18)10-14/h3-8,10,15H,9H2,1-2H3. The van der Waals surface area contributed by atoms with E-state index in [1.54, 1.807) is 13.0 Å². The lowest BCUT2D eigenvalue weighted by Crippen LogP contribution is -1.99. The number of hydrogen-bond acceptors (Lipinski definition) is 0. The highest BCUT2D eigenvalue weighted by atomic mass is 35.5. The molecule has 0 amide bonds. The summed E-state index contributed by atoms with van der Waals surface area (Å²) in [6.07, 6.45) is 0.719. The van der Waals surface area contributed by atoms with Crippen molar-refractivity contribution < 1.29 is 4.39 Å². The van der Waals surface area contributed by atoms with E-state index in [0.29, 0.717) is 5.56 Å². The molecule has 0 aromatic heterocycles. The van der Waals surface area contributed by atoms with Gasteiger partial charge in [-0.1, -0.05) is 36.4 Å². The van der Waals surface area contributed by atoms with E-state index in [1.165, 1.54) is 17.2 Å². The fourth-order valence-corrected chi connectivity index (χ4v) is 2.26. The maximum atomic E-state index is 13.5. The monoisotopic (exact) mass is 262 g/mol. The lowest BCUT2D eigenvalue weighted by Gasteiger charge is -2.12. The van der Waals surface area contributed by atoms with Crippen molar-refractivity contribution in [3.63, 3.8) is 0 Å². The molecule has 1 atom stereocenters. The van der Waals surface area contributed by atoms with Gasteiger partial charge in [-0.2, -0.15) is 0 Å². The van der Waals surface area contributed by atoms with Crippen LogP contribution in [0.15, 0.2) is 42.5 Å². The second-order valence-electron chi connectivity index (χ2n) is 4.61. The van der Waals surface area contributed by atoms with E-state index >= 15 is 0 Å². The molecule has 18 heavy (non-hydrogen) atoms. The van der Waals surface area contributed by atoms with Crippen LogP contribution in [0, 0.1) is 19.7 Å². The summed E-state index contributed by atoms with van der Waals surface area (Å²) in [5, 5.41) is -0.193. The average molecular weight is 263 g/mol. The van der Waals surface area contributed by atoms with Gasteiger partial charge >= 0.3 is 0 Å². The van der Waals surface area contributed by atoms with Crippen molar-refractivity contribution in [3.05, 3.63) is 70.5 Å². The first-order chi connectivity index (χ1) is 8.58. The van der Waals surface area contributed by atoms with Crippen molar-refractivity contribution >= 4 is 11.6 Å². The number of halogens is 2. The topological polar surface area (TPSA) is 0 Å². The molecule has 0 aliphatic rings. The Morgan fingerprint density at radius 2 is 1.78 bits per heavy atom. The molecule has 0 bridgehead atoms. The van der Waals surface area contributed by atoms with Crippen molar-refractivity contribution in [1.82, 2.24) is 0 Å². The molecule has 0 aliphatic heterocycles. The molecule has 0 saturated heterocycles. The second-order valence-corrected chi connectivity index (χ2v) is 5.13.